The fourth-order valence-corrected chi connectivity index (χ4v) is 11.9. The Kier molecular flexibility index (Phi) is 5.57. The zero-order valence-electron chi connectivity index (χ0n) is 23.6. The van der Waals surface area contributed by atoms with Crippen molar-refractivity contribution in [1.82, 2.24) is 0 Å². The SMILES string of the molecule is C=C(C)[C@@H]1CC[C@@]2(C)CC[C@]3(C)[C@H](CC[C@@H]4[C@@]5(C)CC[C@H](OC(C)=O)C(C)(C)[C@@H]5CC[C@]43C)[C@@H]12. The van der Waals surface area contributed by atoms with Crippen LogP contribution in [0.3, 0.4) is 0 Å². The molecule has 0 spiro atoms. The molecule has 192 valence electrons. The van der Waals surface area contributed by atoms with Crippen LogP contribution in [0.25, 0.3) is 0 Å². The quantitative estimate of drug-likeness (QED) is 0.299. The zero-order chi connectivity index (χ0) is 24.9. The predicted octanol–water partition coefficient (Wildman–Crippen LogP) is 8.60. The van der Waals surface area contributed by atoms with Gasteiger partial charge in [0.15, 0.2) is 0 Å². The lowest BCUT2D eigenvalue weighted by molar-refractivity contribution is -0.248. The van der Waals surface area contributed by atoms with Crippen LogP contribution in [0, 0.1) is 56.7 Å². The van der Waals surface area contributed by atoms with Gasteiger partial charge < -0.3 is 4.74 Å². The molecule has 5 aliphatic rings. The highest BCUT2D eigenvalue weighted by molar-refractivity contribution is 5.66. The molecule has 0 N–H and O–H groups in total. The molecule has 0 bridgehead atoms. The molecule has 0 aromatic rings. The molecular formula is C32H52O2. The molecular weight excluding hydrogens is 416 g/mol. The number of carbonyl (C=O) groups is 1. The summed E-state index contributed by atoms with van der Waals surface area (Å²) >= 11 is 0. The molecule has 5 rings (SSSR count). The molecule has 0 saturated heterocycles. The van der Waals surface area contributed by atoms with Crippen molar-refractivity contribution in [3.63, 3.8) is 0 Å². The molecule has 0 radical (unpaired) electrons. The van der Waals surface area contributed by atoms with Crippen LogP contribution in [0.1, 0.15) is 120 Å². The zero-order valence-corrected chi connectivity index (χ0v) is 23.6. The van der Waals surface area contributed by atoms with Crippen LogP contribution in [0.4, 0.5) is 0 Å². The summed E-state index contributed by atoms with van der Waals surface area (Å²) in [5, 5.41) is 0. The first-order valence-corrected chi connectivity index (χ1v) is 14.5. The minimum Gasteiger partial charge on any atom is -0.462 e. The van der Waals surface area contributed by atoms with E-state index in [1.54, 1.807) is 6.92 Å². The molecule has 0 heterocycles. The van der Waals surface area contributed by atoms with Gasteiger partial charge in [-0.15, -0.1) is 0 Å². The number of hydrogen-bond donors (Lipinski definition) is 0. The third kappa shape index (κ3) is 3.08. The maximum absolute atomic E-state index is 11.9. The van der Waals surface area contributed by atoms with E-state index < -0.39 is 0 Å². The second-order valence-electron chi connectivity index (χ2n) is 15.3. The summed E-state index contributed by atoms with van der Waals surface area (Å²) in [7, 11) is 0. The number of rotatable bonds is 2. The molecule has 0 unspecified atom stereocenters. The van der Waals surface area contributed by atoms with Crippen LogP contribution in [0.5, 0.6) is 0 Å². The van der Waals surface area contributed by atoms with Gasteiger partial charge in [-0.2, -0.15) is 0 Å². The van der Waals surface area contributed by atoms with Gasteiger partial charge in [0.1, 0.15) is 6.10 Å². The largest absolute Gasteiger partial charge is 0.462 e. The monoisotopic (exact) mass is 468 g/mol. The van der Waals surface area contributed by atoms with E-state index >= 15 is 0 Å². The highest BCUT2D eigenvalue weighted by Crippen LogP contribution is 2.77. The second kappa shape index (κ2) is 7.61. The molecule has 2 heteroatoms. The van der Waals surface area contributed by atoms with E-state index in [2.05, 4.69) is 55.0 Å². The van der Waals surface area contributed by atoms with Crippen molar-refractivity contribution in [2.24, 2.45) is 56.7 Å². The average Bonchev–Trinajstić information content (AvgIpc) is 3.08. The first-order valence-electron chi connectivity index (χ1n) is 14.5. The molecule has 0 aromatic heterocycles. The minimum atomic E-state index is -0.107. The third-order valence-electron chi connectivity index (χ3n) is 13.7. The van der Waals surface area contributed by atoms with Crippen molar-refractivity contribution < 1.29 is 9.53 Å². The lowest BCUT2D eigenvalue weighted by atomic mass is 9.32. The molecule has 5 fully saturated rings. The third-order valence-corrected chi connectivity index (χ3v) is 13.7. The molecule has 0 amide bonds. The molecule has 5 aliphatic carbocycles. The van der Waals surface area contributed by atoms with Crippen LogP contribution in [-0.2, 0) is 9.53 Å². The van der Waals surface area contributed by atoms with Crippen molar-refractivity contribution in [1.29, 1.82) is 0 Å². The van der Waals surface area contributed by atoms with Gasteiger partial charge in [-0.1, -0.05) is 53.7 Å². The maximum Gasteiger partial charge on any atom is 0.302 e. The van der Waals surface area contributed by atoms with Crippen LogP contribution in [0.15, 0.2) is 12.2 Å². The second-order valence-corrected chi connectivity index (χ2v) is 15.3. The van der Waals surface area contributed by atoms with Crippen LogP contribution >= 0.6 is 0 Å². The molecule has 5 saturated carbocycles. The first kappa shape index (κ1) is 24.9. The number of fused-ring (bicyclic) bond motifs is 7. The van der Waals surface area contributed by atoms with Gasteiger partial charge in [0.05, 0.1) is 0 Å². The summed E-state index contributed by atoms with van der Waals surface area (Å²) in [6.45, 7) is 23.9. The number of carbonyl (C=O) groups excluding carboxylic acids is 1. The van der Waals surface area contributed by atoms with Crippen LogP contribution in [-0.4, -0.2) is 12.1 Å². The van der Waals surface area contributed by atoms with Gasteiger partial charge in [-0.3, -0.25) is 4.79 Å². The van der Waals surface area contributed by atoms with Gasteiger partial charge >= 0.3 is 5.97 Å². The molecule has 2 nitrogen and oxygen atoms in total. The smallest absolute Gasteiger partial charge is 0.302 e. The Morgan fingerprint density at radius 2 is 1.47 bits per heavy atom. The Hall–Kier alpha value is -0.790. The summed E-state index contributed by atoms with van der Waals surface area (Å²) in [6, 6.07) is 0. The Balaban J connectivity index is 1.50. The standard InChI is InChI=1S/C32H52O2/c1-20(2)22-12-15-29(6)18-19-31(8)23(27(22)29)10-11-25-30(7)16-14-26(34-21(3)33)28(4,5)24(30)13-17-32(25,31)9/h22-27H,1,10-19H2,2-9H3/t22-,23+,24-,25+,26-,27+,29-,30-,31+,32+/m0/s1. The number of hydrogen-bond acceptors (Lipinski definition) is 2. The fourth-order valence-electron chi connectivity index (χ4n) is 11.9. The van der Waals surface area contributed by atoms with E-state index in [4.69, 9.17) is 4.74 Å². The van der Waals surface area contributed by atoms with E-state index in [0.717, 1.165) is 30.1 Å². The Morgan fingerprint density at radius 3 is 2.12 bits per heavy atom. The summed E-state index contributed by atoms with van der Waals surface area (Å²) in [5.41, 5.74) is 3.23. The normalized spacial score (nSPS) is 53.6. The highest BCUT2D eigenvalue weighted by Gasteiger charge is 2.70. The van der Waals surface area contributed by atoms with E-state index in [-0.39, 0.29) is 17.5 Å². The van der Waals surface area contributed by atoms with Gasteiger partial charge in [-0.25, -0.2) is 0 Å². The topological polar surface area (TPSA) is 26.3 Å². The van der Waals surface area contributed by atoms with Crippen LogP contribution < -0.4 is 0 Å². The highest BCUT2D eigenvalue weighted by atomic mass is 16.5. The first-order chi connectivity index (χ1) is 15.7. The van der Waals surface area contributed by atoms with Crippen molar-refractivity contribution in [3.05, 3.63) is 12.2 Å². The fraction of sp³-hybridized carbons (Fsp3) is 0.906. The Labute approximate surface area is 210 Å². The van der Waals surface area contributed by atoms with E-state index in [0.29, 0.717) is 27.6 Å². The maximum atomic E-state index is 11.9. The molecule has 10 atom stereocenters. The van der Waals surface area contributed by atoms with Gasteiger partial charge in [-0.05, 0) is 122 Å². The average molecular weight is 469 g/mol. The van der Waals surface area contributed by atoms with E-state index in [1.165, 1.54) is 63.4 Å². The van der Waals surface area contributed by atoms with Crippen molar-refractivity contribution in [2.45, 2.75) is 126 Å². The lowest BCUT2D eigenvalue weighted by Crippen LogP contribution is -2.66. The van der Waals surface area contributed by atoms with E-state index in [1.807, 2.05) is 0 Å². The summed E-state index contributed by atoms with van der Waals surface area (Å²) < 4.78 is 5.91. The summed E-state index contributed by atoms with van der Waals surface area (Å²) in [6.07, 6.45) is 13.4. The molecule has 0 aromatic carbocycles. The number of allylic oxidation sites excluding steroid dienone is 1. The van der Waals surface area contributed by atoms with Crippen molar-refractivity contribution in [3.8, 4) is 0 Å². The molecule has 0 aliphatic heterocycles. The summed E-state index contributed by atoms with van der Waals surface area (Å²) in [5.74, 6) is 3.74. The number of ether oxygens (including phenoxy) is 1. The van der Waals surface area contributed by atoms with E-state index in [9.17, 15) is 4.79 Å². The van der Waals surface area contributed by atoms with Gasteiger partial charge in [0.25, 0.3) is 0 Å². The lowest BCUT2D eigenvalue weighted by Gasteiger charge is -2.73. The van der Waals surface area contributed by atoms with Gasteiger partial charge in [0, 0.05) is 12.3 Å². The minimum absolute atomic E-state index is 0.0550. The van der Waals surface area contributed by atoms with Gasteiger partial charge in [0.2, 0.25) is 0 Å². The Bertz CT molecular complexity index is 872. The molecule has 34 heavy (non-hydrogen) atoms. The number of esters is 1. The Morgan fingerprint density at radius 1 is 0.765 bits per heavy atom. The van der Waals surface area contributed by atoms with Crippen molar-refractivity contribution >= 4 is 5.97 Å². The summed E-state index contributed by atoms with van der Waals surface area (Å²) in [4.78, 5) is 11.9. The predicted molar refractivity (Wildman–Crippen MR) is 140 cm³/mol. The van der Waals surface area contributed by atoms with Crippen molar-refractivity contribution in [2.75, 3.05) is 0 Å². The van der Waals surface area contributed by atoms with Crippen LogP contribution in [0.2, 0.25) is 0 Å².